The lowest BCUT2D eigenvalue weighted by atomic mass is 9.79. The van der Waals surface area contributed by atoms with E-state index in [1.165, 1.54) is 25.7 Å². The third-order valence-corrected chi connectivity index (χ3v) is 6.35. The Bertz CT molecular complexity index is 636. The summed E-state index contributed by atoms with van der Waals surface area (Å²) in [6.07, 6.45) is 7.52. The van der Waals surface area contributed by atoms with E-state index in [1.54, 1.807) is 6.07 Å². The fraction of sp³-hybridized carbons (Fsp3) is 0.714. The van der Waals surface area contributed by atoms with Gasteiger partial charge in [0.1, 0.15) is 11.3 Å². The van der Waals surface area contributed by atoms with Crippen LogP contribution in [0.25, 0.3) is 0 Å². The average molecular weight is 358 g/mol. The van der Waals surface area contributed by atoms with Gasteiger partial charge in [-0.1, -0.05) is 18.9 Å². The van der Waals surface area contributed by atoms with Crippen molar-refractivity contribution in [3.63, 3.8) is 0 Å². The van der Waals surface area contributed by atoms with Gasteiger partial charge in [-0.15, -0.1) is 0 Å². The number of hydrogen-bond acceptors (Lipinski definition) is 4. The van der Waals surface area contributed by atoms with Crippen molar-refractivity contribution in [1.29, 1.82) is 0 Å². The van der Waals surface area contributed by atoms with Crippen LogP contribution in [-0.4, -0.2) is 54.3 Å². The molecule has 3 fully saturated rings. The van der Waals surface area contributed by atoms with E-state index >= 15 is 0 Å². The summed E-state index contributed by atoms with van der Waals surface area (Å²) in [4.78, 5) is 18.8. The van der Waals surface area contributed by atoms with Gasteiger partial charge >= 0.3 is 0 Å². The predicted molar refractivity (Wildman–Crippen MR) is 99.1 cm³/mol. The van der Waals surface area contributed by atoms with E-state index in [4.69, 9.17) is 9.47 Å². The molecule has 142 valence electrons. The third kappa shape index (κ3) is 3.65. The lowest BCUT2D eigenvalue weighted by Gasteiger charge is -2.50. The number of hydrogen-bond donors (Lipinski definition) is 0. The number of ether oxygens (including phenoxy) is 2. The Hall–Kier alpha value is -1.46. The van der Waals surface area contributed by atoms with Gasteiger partial charge in [-0.3, -0.25) is 4.79 Å². The maximum Gasteiger partial charge on any atom is 0.272 e. The van der Waals surface area contributed by atoms with Gasteiger partial charge in [-0.25, -0.2) is 4.98 Å². The lowest BCUT2D eigenvalue weighted by Crippen LogP contribution is -2.66. The Balaban J connectivity index is 1.25. The fourth-order valence-corrected chi connectivity index (χ4v) is 4.76. The zero-order valence-corrected chi connectivity index (χ0v) is 15.8. The molecule has 2 aliphatic heterocycles. The van der Waals surface area contributed by atoms with Crippen molar-refractivity contribution in [3.05, 3.63) is 29.6 Å². The van der Waals surface area contributed by atoms with Gasteiger partial charge in [0.15, 0.2) is 0 Å². The normalized spacial score (nSPS) is 25.0. The summed E-state index contributed by atoms with van der Waals surface area (Å²) in [6, 6.07) is 5.60. The molecule has 1 spiro atoms. The van der Waals surface area contributed by atoms with Crippen molar-refractivity contribution in [2.75, 3.05) is 32.9 Å². The van der Waals surface area contributed by atoms with Crippen molar-refractivity contribution in [3.8, 4) is 0 Å². The summed E-state index contributed by atoms with van der Waals surface area (Å²) in [5, 5.41) is 0. The molecule has 1 aromatic rings. The third-order valence-electron chi connectivity index (χ3n) is 6.35. The first-order valence-corrected chi connectivity index (χ1v) is 10.1. The minimum atomic E-state index is -0.143. The highest BCUT2D eigenvalue weighted by Crippen LogP contribution is 2.42. The number of carbonyl (C=O) groups is 1. The first kappa shape index (κ1) is 17.9. The van der Waals surface area contributed by atoms with Crippen molar-refractivity contribution in [2.45, 2.75) is 51.0 Å². The second-order valence-corrected chi connectivity index (χ2v) is 8.24. The van der Waals surface area contributed by atoms with E-state index in [9.17, 15) is 4.79 Å². The molecule has 1 saturated carbocycles. The van der Waals surface area contributed by atoms with Gasteiger partial charge in [0.2, 0.25) is 0 Å². The lowest BCUT2D eigenvalue weighted by molar-refractivity contribution is -0.120. The SMILES string of the molecule is Cc1cccc(C(=O)N2CC3(C2)OCC[C@H]3CCOCC2CCCC2)n1. The van der Waals surface area contributed by atoms with Crippen LogP contribution >= 0.6 is 0 Å². The Kier molecular flexibility index (Phi) is 5.28. The van der Waals surface area contributed by atoms with Crippen LogP contribution in [0.4, 0.5) is 0 Å². The largest absolute Gasteiger partial charge is 0.381 e. The highest BCUT2D eigenvalue weighted by Gasteiger charge is 2.54. The van der Waals surface area contributed by atoms with Crippen molar-refractivity contribution in [2.24, 2.45) is 11.8 Å². The van der Waals surface area contributed by atoms with Crippen molar-refractivity contribution in [1.82, 2.24) is 9.88 Å². The summed E-state index contributed by atoms with van der Waals surface area (Å²) < 4.78 is 12.0. The smallest absolute Gasteiger partial charge is 0.272 e. The van der Waals surface area contributed by atoms with Gasteiger partial charge < -0.3 is 14.4 Å². The molecular weight excluding hydrogens is 328 g/mol. The number of pyridine rings is 1. The molecule has 5 nitrogen and oxygen atoms in total. The van der Waals surface area contributed by atoms with E-state index in [0.717, 1.165) is 44.3 Å². The Labute approximate surface area is 156 Å². The standard InChI is InChI=1S/C21H30N2O3/c1-16-5-4-8-19(22-16)20(24)23-14-21(15-23)18(10-12-26-21)9-11-25-13-17-6-2-3-7-17/h4-5,8,17-18H,2-3,6-7,9-15H2,1H3/t18-/m1/s1. The van der Waals surface area contributed by atoms with Gasteiger partial charge in [0, 0.05) is 25.5 Å². The fourth-order valence-electron chi connectivity index (χ4n) is 4.76. The van der Waals surface area contributed by atoms with Crippen LogP contribution in [0.5, 0.6) is 0 Å². The van der Waals surface area contributed by atoms with Crippen LogP contribution < -0.4 is 0 Å². The molecule has 3 heterocycles. The molecule has 26 heavy (non-hydrogen) atoms. The molecule has 0 unspecified atom stereocenters. The van der Waals surface area contributed by atoms with Crippen molar-refractivity contribution < 1.29 is 14.3 Å². The minimum absolute atomic E-state index is 0.0195. The van der Waals surface area contributed by atoms with E-state index in [-0.39, 0.29) is 11.5 Å². The highest BCUT2D eigenvalue weighted by atomic mass is 16.5. The molecule has 1 amide bonds. The van der Waals surface area contributed by atoms with Crippen LogP contribution in [0, 0.1) is 18.8 Å². The molecule has 3 aliphatic rings. The molecule has 0 aromatic carbocycles. The molecule has 0 N–H and O–H groups in total. The van der Waals surface area contributed by atoms with Crippen LogP contribution in [0.3, 0.4) is 0 Å². The highest BCUT2D eigenvalue weighted by molar-refractivity contribution is 5.93. The van der Waals surface area contributed by atoms with E-state index in [2.05, 4.69) is 4.98 Å². The zero-order valence-electron chi connectivity index (χ0n) is 15.8. The van der Waals surface area contributed by atoms with E-state index in [1.807, 2.05) is 24.0 Å². The molecule has 5 heteroatoms. The number of nitrogens with zero attached hydrogens (tertiary/aromatic N) is 2. The number of carbonyl (C=O) groups excluding carboxylic acids is 1. The first-order chi connectivity index (χ1) is 12.7. The number of amides is 1. The average Bonchev–Trinajstić information content (AvgIpc) is 3.26. The maximum atomic E-state index is 12.6. The summed E-state index contributed by atoms with van der Waals surface area (Å²) in [5.41, 5.74) is 1.27. The van der Waals surface area contributed by atoms with Crippen LogP contribution in [0.15, 0.2) is 18.2 Å². The Morgan fingerprint density at radius 3 is 2.88 bits per heavy atom. The summed E-state index contributed by atoms with van der Waals surface area (Å²) in [7, 11) is 0. The summed E-state index contributed by atoms with van der Waals surface area (Å²) in [6.45, 7) is 5.83. The van der Waals surface area contributed by atoms with Crippen LogP contribution in [0.2, 0.25) is 0 Å². The maximum absolute atomic E-state index is 12.6. The quantitative estimate of drug-likeness (QED) is 0.733. The van der Waals surface area contributed by atoms with Gasteiger partial charge in [-0.2, -0.15) is 0 Å². The monoisotopic (exact) mass is 358 g/mol. The number of aryl methyl sites for hydroxylation is 1. The van der Waals surface area contributed by atoms with Crippen LogP contribution in [0.1, 0.15) is 54.7 Å². The predicted octanol–water partition coefficient (Wildman–Crippen LogP) is 3.22. The summed E-state index contributed by atoms with van der Waals surface area (Å²) in [5.74, 6) is 1.30. The minimum Gasteiger partial charge on any atom is -0.381 e. The van der Waals surface area contributed by atoms with Gasteiger partial charge in [0.25, 0.3) is 5.91 Å². The summed E-state index contributed by atoms with van der Waals surface area (Å²) >= 11 is 0. The van der Waals surface area contributed by atoms with Crippen LogP contribution in [-0.2, 0) is 9.47 Å². The second kappa shape index (κ2) is 7.65. The second-order valence-electron chi connectivity index (χ2n) is 8.24. The molecule has 0 radical (unpaired) electrons. The van der Waals surface area contributed by atoms with Crippen molar-refractivity contribution >= 4 is 5.91 Å². The van der Waals surface area contributed by atoms with Gasteiger partial charge in [0.05, 0.1) is 13.1 Å². The van der Waals surface area contributed by atoms with Gasteiger partial charge in [-0.05, 0) is 56.6 Å². The number of aromatic nitrogens is 1. The topological polar surface area (TPSA) is 51.7 Å². The number of likely N-dealkylation sites (tertiary alicyclic amines) is 1. The Morgan fingerprint density at radius 2 is 2.12 bits per heavy atom. The van der Waals surface area contributed by atoms with E-state index < -0.39 is 0 Å². The van der Waals surface area contributed by atoms with E-state index in [0.29, 0.717) is 24.7 Å². The number of rotatable bonds is 6. The molecule has 1 aliphatic carbocycles. The molecule has 4 rings (SSSR count). The molecule has 1 atom stereocenters. The molecule has 1 aromatic heterocycles. The molecule has 2 saturated heterocycles. The molecule has 0 bridgehead atoms. The molecular formula is C21H30N2O3. The zero-order chi connectivity index (χ0) is 18.0. The Morgan fingerprint density at radius 1 is 1.31 bits per heavy atom. The first-order valence-electron chi connectivity index (χ1n) is 10.1.